The van der Waals surface area contributed by atoms with E-state index < -0.39 is 0 Å². The van der Waals surface area contributed by atoms with Crippen LogP contribution in [0, 0.1) is 0 Å². The van der Waals surface area contributed by atoms with Crippen LogP contribution >= 0.6 is 15.9 Å². The molecule has 0 saturated carbocycles. The summed E-state index contributed by atoms with van der Waals surface area (Å²) < 4.78 is 6.02. The van der Waals surface area contributed by atoms with E-state index in [1.54, 1.807) is 0 Å². The molecule has 0 atom stereocenters. The lowest BCUT2D eigenvalue weighted by molar-refractivity contribution is 0.522. The normalized spacial score (nSPS) is 11.5. The van der Waals surface area contributed by atoms with Crippen molar-refractivity contribution in [2.24, 2.45) is 0 Å². The number of aryl methyl sites for hydroxylation is 1. The van der Waals surface area contributed by atoms with E-state index >= 15 is 0 Å². The van der Waals surface area contributed by atoms with Crippen molar-refractivity contribution >= 4 is 37.7 Å². The number of hydrogen-bond acceptors (Lipinski definition) is 1. The van der Waals surface area contributed by atoms with E-state index in [9.17, 15) is 0 Å². The summed E-state index contributed by atoms with van der Waals surface area (Å²) >= 11 is 3.48. The van der Waals surface area contributed by atoms with E-state index in [1.807, 2.05) is 0 Å². The Morgan fingerprint density at radius 2 is 1.55 bits per heavy atom. The summed E-state index contributed by atoms with van der Waals surface area (Å²) in [4.78, 5) is 0. The molecule has 3 aromatic rings. The van der Waals surface area contributed by atoms with Crippen LogP contribution in [0.1, 0.15) is 44.3 Å². The van der Waals surface area contributed by atoms with Gasteiger partial charge in [0.1, 0.15) is 11.3 Å². The van der Waals surface area contributed by atoms with Gasteiger partial charge in [0.15, 0.2) is 0 Å². The zero-order chi connectivity index (χ0) is 15.2. The first-order valence-corrected chi connectivity index (χ1v) is 9.47. The largest absolute Gasteiger partial charge is 0.461 e. The average molecular weight is 359 g/mol. The Labute approximate surface area is 140 Å². The van der Waals surface area contributed by atoms with Gasteiger partial charge in [-0.1, -0.05) is 71.9 Å². The zero-order valence-corrected chi connectivity index (χ0v) is 14.6. The van der Waals surface area contributed by atoms with Gasteiger partial charge in [-0.25, -0.2) is 0 Å². The summed E-state index contributed by atoms with van der Waals surface area (Å²) in [6, 6.07) is 15.0. The van der Waals surface area contributed by atoms with Crippen molar-refractivity contribution in [2.75, 3.05) is 5.33 Å². The highest BCUT2D eigenvalue weighted by Gasteiger charge is 2.07. The molecule has 0 aliphatic rings. The monoisotopic (exact) mass is 358 g/mol. The lowest BCUT2D eigenvalue weighted by Gasteiger charge is -1.99. The molecule has 0 aliphatic carbocycles. The third-order valence-corrected chi connectivity index (χ3v) is 4.84. The Kier molecular flexibility index (Phi) is 5.55. The minimum absolute atomic E-state index is 1.02. The number of furan rings is 1. The van der Waals surface area contributed by atoms with E-state index in [1.165, 1.54) is 54.7 Å². The molecule has 0 bridgehead atoms. The molecule has 2 heteroatoms. The molecular formula is C20H23BrO. The molecule has 116 valence electrons. The highest BCUT2D eigenvalue weighted by Crippen LogP contribution is 2.28. The molecule has 2 aromatic carbocycles. The molecule has 0 amide bonds. The van der Waals surface area contributed by atoms with Crippen molar-refractivity contribution in [1.82, 2.24) is 0 Å². The van der Waals surface area contributed by atoms with Gasteiger partial charge in [-0.05, 0) is 35.7 Å². The summed E-state index contributed by atoms with van der Waals surface area (Å²) in [6.07, 6.45) is 8.94. The summed E-state index contributed by atoms with van der Waals surface area (Å²) in [5.41, 5.74) is 1.02. The van der Waals surface area contributed by atoms with Crippen LogP contribution in [0.3, 0.4) is 0 Å². The molecule has 1 nitrogen and oxygen atoms in total. The minimum atomic E-state index is 1.02. The number of halogens is 1. The van der Waals surface area contributed by atoms with Crippen molar-refractivity contribution in [1.29, 1.82) is 0 Å². The quantitative estimate of drug-likeness (QED) is 0.316. The Balaban J connectivity index is 1.59. The van der Waals surface area contributed by atoms with E-state index in [0.29, 0.717) is 0 Å². The Bertz CT molecular complexity index is 729. The number of benzene rings is 2. The van der Waals surface area contributed by atoms with E-state index in [0.717, 1.165) is 23.1 Å². The second-order valence-corrected chi connectivity index (χ2v) is 6.76. The second-order valence-electron chi connectivity index (χ2n) is 5.97. The third kappa shape index (κ3) is 3.73. The maximum Gasteiger partial charge on any atom is 0.134 e. The Morgan fingerprint density at radius 1 is 0.773 bits per heavy atom. The SMILES string of the molecule is BrCCCCCCCCc1cc2c(ccc3ccccc32)o1. The van der Waals surface area contributed by atoms with Crippen molar-refractivity contribution in [2.45, 2.75) is 44.9 Å². The number of rotatable bonds is 8. The van der Waals surface area contributed by atoms with Gasteiger partial charge < -0.3 is 4.42 Å². The summed E-state index contributed by atoms with van der Waals surface area (Å²) in [7, 11) is 0. The molecule has 0 unspecified atom stereocenters. The van der Waals surface area contributed by atoms with E-state index in [4.69, 9.17) is 4.42 Å². The lowest BCUT2D eigenvalue weighted by atomic mass is 10.1. The van der Waals surface area contributed by atoms with Crippen LogP contribution in [0.2, 0.25) is 0 Å². The summed E-state index contributed by atoms with van der Waals surface area (Å²) in [6.45, 7) is 0. The fraction of sp³-hybridized carbons (Fsp3) is 0.400. The molecule has 0 spiro atoms. The minimum Gasteiger partial charge on any atom is -0.461 e. The second kappa shape index (κ2) is 7.82. The molecule has 1 heterocycles. The van der Waals surface area contributed by atoms with Gasteiger partial charge in [-0.2, -0.15) is 0 Å². The molecule has 0 saturated heterocycles. The van der Waals surface area contributed by atoms with Gasteiger partial charge in [-0.15, -0.1) is 0 Å². The molecule has 22 heavy (non-hydrogen) atoms. The highest BCUT2D eigenvalue weighted by atomic mass is 79.9. The first kappa shape index (κ1) is 15.6. The first-order valence-electron chi connectivity index (χ1n) is 8.34. The third-order valence-electron chi connectivity index (χ3n) is 4.28. The summed E-state index contributed by atoms with van der Waals surface area (Å²) in [5.74, 6) is 1.13. The van der Waals surface area contributed by atoms with Crippen LogP contribution in [0.25, 0.3) is 21.7 Å². The van der Waals surface area contributed by atoms with Crippen LogP contribution in [-0.4, -0.2) is 5.33 Å². The van der Waals surface area contributed by atoms with Crippen LogP contribution in [-0.2, 0) is 6.42 Å². The standard InChI is InChI=1S/C20H23BrO/c21-14-8-4-2-1-3-5-10-17-15-19-18-11-7-6-9-16(18)12-13-20(19)22-17/h6-7,9,11-13,15H,1-5,8,10,14H2. The van der Waals surface area contributed by atoms with E-state index in [2.05, 4.69) is 58.4 Å². The molecule has 1 aromatic heterocycles. The smallest absolute Gasteiger partial charge is 0.134 e. The van der Waals surface area contributed by atoms with Gasteiger partial charge in [0.05, 0.1) is 0 Å². The van der Waals surface area contributed by atoms with Crippen molar-refractivity contribution in [3.05, 3.63) is 48.2 Å². The first-order chi connectivity index (χ1) is 10.9. The van der Waals surface area contributed by atoms with Gasteiger partial charge in [0.2, 0.25) is 0 Å². The number of unbranched alkanes of at least 4 members (excludes halogenated alkanes) is 5. The van der Waals surface area contributed by atoms with Crippen molar-refractivity contribution in [3.63, 3.8) is 0 Å². The van der Waals surface area contributed by atoms with Crippen LogP contribution in [0.4, 0.5) is 0 Å². The fourth-order valence-electron chi connectivity index (χ4n) is 3.07. The maximum atomic E-state index is 6.02. The predicted octanol–water partition coefficient (Wildman–Crippen LogP) is 6.86. The maximum absolute atomic E-state index is 6.02. The average Bonchev–Trinajstić information content (AvgIpc) is 2.97. The fourth-order valence-corrected chi connectivity index (χ4v) is 3.47. The van der Waals surface area contributed by atoms with Gasteiger partial charge in [-0.3, -0.25) is 0 Å². The number of fused-ring (bicyclic) bond motifs is 3. The topological polar surface area (TPSA) is 13.1 Å². The molecule has 3 rings (SSSR count). The Morgan fingerprint density at radius 3 is 2.41 bits per heavy atom. The van der Waals surface area contributed by atoms with Crippen molar-refractivity contribution in [3.8, 4) is 0 Å². The van der Waals surface area contributed by atoms with Crippen molar-refractivity contribution < 1.29 is 4.42 Å². The molecule has 0 radical (unpaired) electrons. The van der Waals surface area contributed by atoms with E-state index in [-0.39, 0.29) is 0 Å². The predicted molar refractivity (Wildman–Crippen MR) is 98.9 cm³/mol. The molecule has 0 N–H and O–H groups in total. The van der Waals surface area contributed by atoms with Crippen LogP contribution in [0.15, 0.2) is 46.9 Å². The molecular weight excluding hydrogens is 336 g/mol. The highest BCUT2D eigenvalue weighted by molar-refractivity contribution is 9.09. The molecule has 0 fully saturated rings. The number of hydrogen-bond donors (Lipinski definition) is 0. The summed E-state index contributed by atoms with van der Waals surface area (Å²) in [5, 5.41) is 4.98. The van der Waals surface area contributed by atoms with Crippen LogP contribution < -0.4 is 0 Å². The van der Waals surface area contributed by atoms with Crippen LogP contribution in [0.5, 0.6) is 0 Å². The number of alkyl halides is 1. The molecule has 0 aliphatic heterocycles. The van der Waals surface area contributed by atoms with Gasteiger partial charge in [0, 0.05) is 17.1 Å². The zero-order valence-electron chi connectivity index (χ0n) is 13.0. The Hall–Kier alpha value is -1.28. The lowest BCUT2D eigenvalue weighted by Crippen LogP contribution is -1.84. The van der Waals surface area contributed by atoms with Gasteiger partial charge in [0.25, 0.3) is 0 Å². The van der Waals surface area contributed by atoms with Gasteiger partial charge >= 0.3 is 0 Å².